The van der Waals surface area contributed by atoms with E-state index >= 15 is 0 Å². The van der Waals surface area contributed by atoms with Crippen LogP contribution in [0.15, 0.2) is 0 Å². The summed E-state index contributed by atoms with van der Waals surface area (Å²) in [6, 6.07) is 0. The van der Waals surface area contributed by atoms with Crippen LogP contribution >= 0.6 is 0 Å². The second kappa shape index (κ2) is 2.94. The van der Waals surface area contributed by atoms with Gasteiger partial charge in [-0.1, -0.05) is 0 Å². The lowest BCUT2D eigenvalue weighted by atomic mass is 9.98. The van der Waals surface area contributed by atoms with Crippen molar-refractivity contribution in [2.24, 2.45) is 0 Å². The number of ether oxygens (including phenoxy) is 3. The maximum atomic E-state index is 5.85. The predicted molar refractivity (Wildman–Crippen MR) is 51.2 cm³/mol. The molecule has 2 saturated heterocycles. The molecule has 0 aromatic heterocycles. The highest BCUT2D eigenvalue weighted by Crippen LogP contribution is 2.40. The summed E-state index contributed by atoms with van der Waals surface area (Å²) in [5.74, 6) is 0. The first-order valence-corrected chi connectivity index (χ1v) is 5.62. The van der Waals surface area contributed by atoms with Gasteiger partial charge in [-0.25, -0.2) is 0 Å². The van der Waals surface area contributed by atoms with Crippen LogP contribution in [0.1, 0.15) is 33.1 Å². The maximum Gasteiger partial charge on any atom is 0.110 e. The van der Waals surface area contributed by atoms with Crippen LogP contribution in [0.3, 0.4) is 0 Å². The Hall–Kier alpha value is -0.120. The summed E-state index contributed by atoms with van der Waals surface area (Å²) in [7, 11) is 0. The van der Waals surface area contributed by atoms with Gasteiger partial charge >= 0.3 is 0 Å². The first kappa shape index (κ1) is 9.13. The summed E-state index contributed by atoms with van der Waals surface area (Å²) < 4.78 is 16.9. The normalized spacial score (nSPS) is 48.4. The van der Waals surface area contributed by atoms with Crippen molar-refractivity contribution in [1.82, 2.24) is 0 Å². The average molecular weight is 198 g/mol. The number of rotatable bonds is 3. The van der Waals surface area contributed by atoms with Gasteiger partial charge in [-0.3, -0.25) is 0 Å². The quantitative estimate of drug-likeness (QED) is 0.644. The highest BCUT2D eigenvalue weighted by Gasteiger charge is 2.51. The van der Waals surface area contributed by atoms with E-state index in [1.54, 1.807) is 0 Å². The Morgan fingerprint density at radius 3 is 2.86 bits per heavy atom. The lowest BCUT2D eigenvalue weighted by Crippen LogP contribution is -2.27. The van der Waals surface area contributed by atoms with E-state index in [0.717, 1.165) is 13.0 Å². The number of hydrogen-bond donors (Lipinski definition) is 0. The zero-order valence-corrected chi connectivity index (χ0v) is 8.86. The molecule has 0 spiro atoms. The number of fused-ring (bicyclic) bond motifs is 1. The minimum atomic E-state index is 0.0540. The topological polar surface area (TPSA) is 34.3 Å². The molecule has 0 bridgehead atoms. The zero-order chi connectivity index (χ0) is 9.76. The second-order valence-electron chi connectivity index (χ2n) is 5.15. The Bertz CT molecular complexity index is 239. The van der Waals surface area contributed by atoms with E-state index in [1.807, 2.05) is 0 Å². The molecule has 3 aliphatic rings. The van der Waals surface area contributed by atoms with Crippen molar-refractivity contribution in [3.63, 3.8) is 0 Å². The van der Waals surface area contributed by atoms with Crippen molar-refractivity contribution < 1.29 is 14.2 Å². The largest absolute Gasteiger partial charge is 0.373 e. The average Bonchev–Trinajstić information content (AvgIpc) is 2.98. The fourth-order valence-electron chi connectivity index (χ4n) is 2.36. The van der Waals surface area contributed by atoms with Crippen LogP contribution in [-0.2, 0) is 14.2 Å². The molecular weight excluding hydrogens is 180 g/mol. The lowest BCUT2D eigenvalue weighted by molar-refractivity contribution is 0.0166. The predicted octanol–water partition coefficient (Wildman–Crippen LogP) is 1.50. The summed E-state index contributed by atoms with van der Waals surface area (Å²) in [4.78, 5) is 0. The van der Waals surface area contributed by atoms with Crippen LogP contribution in [0.5, 0.6) is 0 Å². The van der Waals surface area contributed by atoms with Crippen molar-refractivity contribution in [3.8, 4) is 0 Å². The first-order valence-electron chi connectivity index (χ1n) is 5.62. The molecule has 0 aromatic carbocycles. The van der Waals surface area contributed by atoms with Crippen molar-refractivity contribution in [2.75, 3.05) is 6.61 Å². The van der Waals surface area contributed by atoms with Gasteiger partial charge in [0, 0.05) is 0 Å². The summed E-state index contributed by atoms with van der Waals surface area (Å²) in [5.41, 5.74) is 0.0540. The van der Waals surface area contributed by atoms with Crippen LogP contribution in [0.2, 0.25) is 0 Å². The van der Waals surface area contributed by atoms with E-state index in [9.17, 15) is 0 Å². The Labute approximate surface area is 84.7 Å². The van der Waals surface area contributed by atoms with E-state index in [0.29, 0.717) is 24.4 Å². The molecule has 3 fully saturated rings. The molecule has 3 unspecified atom stereocenters. The van der Waals surface area contributed by atoms with Crippen LogP contribution in [0.4, 0.5) is 0 Å². The van der Waals surface area contributed by atoms with Crippen LogP contribution < -0.4 is 0 Å². The molecule has 0 N–H and O–H groups in total. The molecule has 2 aliphatic heterocycles. The van der Waals surface area contributed by atoms with E-state index in [1.165, 1.54) is 12.8 Å². The third-order valence-corrected chi connectivity index (χ3v) is 3.59. The van der Waals surface area contributed by atoms with Gasteiger partial charge in [0.05, 0.1) is 24.4 Å². The minimum Gasteiger partial charge on any atom is -0.373 e. The number of epoxide rings is 2. The molecule has 0 radical (unpaired) electrons. The SMILES string of the molecule is CC1(C)OC1CO[C@@H]1CCCC2OC21. The van der Waals surface area contributed by atoms with E-state index in [4.69, 9.17) is 14.2 Å². The third-order valence-electron chi connectivity index (χ3n) is 3.59. The summed E-state index contributed by atoms with van der Waals surface area (Å²) in [6.07, 6.45) is 5.22. The van der Waals surface area contributed by atoms with Crippen molar-refractivity contribution in [2.45, 2.75) is 63.1 Å². The molecule has 3 rings (SSSR count). The Morgan fingerprint density at radius 2 is 2.14 bits per heavy atom. The second-order valence-corrected chi connectivity index (χ2v) is 5.15. The Kier molecular flexibility index (Phi) is 1.92. The summed E-state index contributed by atoms with van der Waals surface area (Å²) in [6.45, 7) is 4.96. The van der Waals surface area contributed by atoms with Gasteiger partial charge in [0.2, 0.25) is 0 Å². The molecule has 4 atom stereocenters. The number of hydrogen-bond acceptors (Lipinski definition) is 3. The van der Waals surface area contributed by atoms with E-state index in [2.05, 4.69) is 13.8 Å². The minimum absolute atomic E-state index is 0.0540. The molecule has 0 amide bonds. The van der Waals surface area contributed by atoms with E-state index in [-0.39, 0.29) is 5.60 Å². The standard InChI is InChI=1S/C11H18O3/c1-11(2)9(14-11)6-12-7-4-3-5-8-10(7)13-8/h7-10H,3-6H2,1-2H3/t7-,8?,9?,10?/m1/s1. The molecule has 2 heterocycles. The molecular formula is C11H18O3. The Balaban J connectivity index is 1.45. The summed E-state index contributed by atoms with van der Waals surface area (Å²) >= 11 is 0. The van der Waals surface area contributed by atoms with Crippen molar-refractivity contribution in [1.29, 1.82) is 0 Å². The van der Waals surface area contributed by atoms with Crippen LogP contribution in [0.25, 0.3) is 0 Å². The molecule has 80 valence electrons. The van der Waals surface area contributed by atoms with Gasteiger partial charge in [0.25, 0.3) is 0 Å². The van der Waals surface area contributed by atoms with Gasteiger partial charge in [0.15, 0.2) is 0 Å². The maximum absolute atomic E-state index is 5.85. The van der Waals surface area contributed by atoms with Gasteiger partial charge < -0.3 is 14.2 Å². The fraction of sp³-hybridized carbons (Fsp3) is 1.00. The fourth-order valence-corrected chi connectivity index (χ4v) is 2.36. The monoisotopic (exact) mass is 198 g/mol. The van der Waals surface area contributed by atoms with Crippen LogP contribution in [-0.4, -0.2) is 36.6 Å². The van der Waals surface area contributed by atoms with Crippen LogP contribution in [0, 0.1) is 0 Å². The Morgan fingerprint density at radius 1 is 1.36 bits per heavy atom. The van der Waals surface area contributed by atoms with E-state index < -0.39 is 0 Å². The molecule has 1 aliphatic carbocycles. The van der Waals surface area contributed by atoms with Crippen molar-refractivity contribution in [3.05, 3.63) is 0 Å². The van der Waals surface area contributed by atoms with Gasteiger partial charge in [-0.05, 0) is 33.1 Å². The lowest BCUT2D eigenvalue weighted by Gasteiger charge is -2.18. The first-order chi connectivity index (χ1) is 6.67. The molecule has 14 heavy (non-hydrogen) atoms. The molecule has 3 heteroatoms. The highest BCUT2D eigenvalue weighted by atomic mass is 16.6. The van der Waals surface area contributed by atoms with Gasteiger partial charge in [-0.2, -0.15) is 0 Å². The smallest absolute Gasteiger partial charge is 0.110 e. The van der Waals surface area contributed by atoms with Gasteiger partial charge in [-0.15, -0.1) is 0 Å². The molecule has 0 aromatic rings. The van der Waals surface area contributed by atoms with Gasteiger partial charge in [0.1, 0.15) is 12.2 Å². The van der Waals surface area contributed by atoms with Crippen molar-refractivity contribution >= 4 is 0 Å². The molecule has 1 saturated carbocycles. The molecule has 3 nitrogen and oxygen atoms in total. The highest BCUT2D eigenvalue weighted by molar-refractivity contribution is 4.98. The third kappa shape index (κ3) is 1.58. The zero-order valence-electron chi connectivity index (χ0n) is 8.86. The summed E-state index contributed by atoms with van der Waals surface area (Å²) in [5, 5.41) is 0.